The number of aliphatic carboxylic acids is 1. The van der Waals surface area contributed by atoms with Crippen LogP contribution in [0.5, 0.6) is 5.88 Å². The number of hydrogen-bond acceptors (Lipinski definition) is 6. The van der Waals surface area contributed by atoms with Crippen molar-refractivity contribution in [1.29, 1.82) is 0 Å². The Hall–Kier alpha value is -2.43. The van der Waals surface area contributed by atoms with Crippen LogP contribution in [0.2, 0.25) is 0 Å². The number of carbonyl (C=O) groups is 2. The molecule has 2 heterocycles. The SMILES string of the molecule is COc1cc(C)nc(NC(=O)C2CNC2)n1.O=C(O)C(F)(F)F. The van der Waals surface area contributed by atoms with Crippen LogP contribution in [-0.2, 0) is 9.59 Å². The molecule has 8 nitrogen and oxygen atoms in total. The normalized spacial score (nSPS) is 14.1. The summed E-state index contributed by atoms with van der Waals surface area (Å²) in [5.74, 6) is -2.03. The molecule has 1 aromatic heterocycles. The van der Waals surface area contributed by atoms with Crippen LogP contribution in [0.1, 0.15) is 5.69 Å². The zero-order valence-electron chi connectivity index (χ0n) is 12.3. The lowest BCUT2D eigenvalue weighted by Crippen LogP contribution is -2.48. The molecule has 0 bridgehead atoms. The fourth-order valence-electron chi connectivity index (χ4n) is 1.39. The van der Waals surface area contributed by atoms with Crippen LogP contribution < -0.4 is 15.4 Å². The first-order valence-electron chi connectivity index (χ1n) is 6.35. The Labute approximate surface area is 129 Å². The van der Waals surface area contributed by atoms with E-state index in [2.05, 4.69) is 20.6 Å². The molecule has 0 unspecified atom stereocenters. The highest BCUT2D eigenvalue weighted by Gasteiger charge is 2.38. The molecule has 1 aliphatic rings. The lowest BCUT2D eigenvalue weighted by atomic mass is 10.0. The van der Waals surface area contributed by atoms with E-state index in [1.807, 2.05) is 6.92 Å². The van der Waals surface area contributed by atoms with E-state index < -0.39 is 12.1 Å². The first kappa shape index (κ1) is 18.6. The molecule has 0 spiro atoms. The maximum absolute atomic E-state index is 11.6. The number of carboxylic acids is 1. The highest BCUT2D eigenvalue weighted by atomic mass is 19.4. The van der Waals surface area contributed by atoms with E-state index in [-0.39, 0.29) is 11.8 Å². The first-order valence-corrected chi connectivity index (χ1v) is 6.35. The summed E-state index contributed by atoms with van der Waals surface area (Å²) in [6.07, 6.45) is -5.08. The second kappa shape index (κ2) is 7.72. The molecule has 1 saturated heterocycles. The van der Waals surface area contributed by atoms with Crippen LogP contribution in [0.3, 0.4) is 0 Å². The van der Waals surface area contributed by atoms with E-state index in [0.717, 1.165) is 18.8 Å². The number of anilines is 1. The van der Waals surface area contributed by atoms with Crippen molar-refractivity contribution in [2.45, 2.75) is 13.1 Å². The predicted octanol–water partition coefficient (Wildman–Crippen LogP) is 0.585. The number of nitrogens with one attached hydrogen (secondary N) is 2. The predicted molar refractivity (Wildman–Crippen MR) is 72.0 cm³/mol. The van der Waals surface area contributed by atoms with Crippen LogP contribution in [0.25, 0.3) is 0 Å². The molecule has 0 aromatic carbocycles. The maximum atomic E-state index is 11.6. The summed E-state index contributed by atoms with van der Waals surface area (Å²) in [6, 6.07) is 1.71. The average Bonchev–Trinajstić information content (AvgIpc) is 2.35. The number of ether oxygens (including phenoxy) is 1. The van der Waals surface area contributed by atoms with Gasteiger partial charge in [0.05, 0.1) is 13.0 Å². The van der Waals surface area contributed by atoms with Gasteiger partial charge in [-0.25, -0.2) is 9.78 Å². The third-order valence-corrected chi connectivity index (χ3v) is 2.67. The number of aryl methyl sites for hydroxylation is 1. The van der Waals surface area contributed by atoms with E-state index in [1.165, 1.54) is 7.11 Å². The number of carbonyl (C=O) groups excluding carboxylic acids is 1. The Morgan fingerprint density at radius 3 is 2.35 bits per heavy atom. The fourth-order valence-corrected chi connectivity index (χ4v) is 1.39. The summed E-state index contributed by atoms with van der Waals surface area (Å²) in [5.41, 5.74) is 0.758. The maximum Gasteiger partial charge on any atom is 0.490 e. The molecule has 11 heteroatoms. The molecular formula is C12H15F3N4O4. The third-order valence-electron chi connectivity index (χ3n) is 2.67. The number of rotatable bonds is 3. The van der Waals surface area contributed by atoms with Crippen molar-refractivity contribution in [2.24, 2.45) is 5.92 Å². The number of nitrogens with zero attached hydrogens (tertiary/aromatic N) is 2. The standard InChI is InChI=1S/C10H14N4O2.C2HF3O2/c1-6-3-8(16-2)13-10(12-6)14-9(15)7-4-11-5-7;3-2(4,5)1(6)7/h3,7,11H,4-5H2,1-2H3,(H,12,13,14,15);(H,6,7). The Bertz CT molecular complexity index is 576. The van der Waals surface area contributed by atoms with Crippen LogP contribution in [-0.4, -0.2) is 53.3 Å². The van der Waals surface area contributed by atoms with Crippen molar-refractivity contribution in [3.05, 3.63) is 11.8 Å². The van der Waals surface area contributed by atoms with Gasteiger partial charge in [0.2, 0.25) is 17.7 Å². The quantitative estimate of drug-likeness (QED) is 0.740. The second-order valence-corrected chi connectivity index (χ2v) is 4.52. The van der Waals surface area contributed by atoms with Crippen molar-refractivity contribution in [2.75, 3.05) is 25.5 Å². The number of alkyl halides is 3. The lowest BCUT2D eigenvalue weighted by Gasteiger charge is -2.25. The molecule has 1 amide bonds. The summed E-state index contributed by atoms with van der Waals surface area (Å²) in [6.45, 7) is 3.26. The van der Waals surface area contributed by atoms with Crippen molar-refractivity contribution >= 4 is 17.8 Å². The van der Waals surface area contributed by atoms with Gasteiger partial charge in [-0.05, 0) is 6.92 Å². The van der Waals surface area contributed by atoms with E-state index >= 15 is 0 Å². The minimum Gasteiger partial charge on any atom is -0.481 e. The van der Waals surface area contributed by atoms with Gasteiger partial charge in [0.15, 0.2) is 0 Å². The van der Waals surface area contributed by atoms with Gasteiger partial charge in [0.25, 0.3) is 0 Å². The molecule has 2 rings (SSSR count). The number of hydrogen-bond donors (Lipinski definition) is 3. The van der Waals surface area contributed by atoms with Gasteiger partial charge in [-0.2, -0.15) is 18.2 Å². The Morgan fingerprint density at radius 1 is 1.39 bits per heavy atom. The molecule has 0 saturated carbocycles. The highest BCUT2D eigenvalue weighted by Crippen LogP contribution is 2.13. The van der Waals surface area contributed by atoms with E-state index in [9.17, 15) is 18.0 Å². The number of carboxylic acid groups (broad SMARTS) is 1. The van der Waals surface area contributed by atoms with Gasteiger partial charge < -0.3 is 15.2 Å². The largest absolute Gasteiger partial charge is 0.490 e. The molecule has 0 atom stereocenters. The van der Waals surface area contributed by atoms with Gasteiger partial charge in [-0.1, -0.05) is 0 Å². The molecular weight excluding hydrogens is 321 g/mol. The molecule has 0 aliphatic carbocycles. The summed E-state index contributed by atoms with van der Waals surface area (Å²) in [5, 5.41) is 12.8. The van der Waals surface area contributed by atoms with E-state index in [1.54, 1.807) is 6.07 Å². The molecule has 1 aromatic rings. The topological polar surface area (TPSA) is 113 Å². The number of aromatic nitrogens is 2. The molecule has 1 aliphatic heterocycles. The minimum atomic E-state index is -5.08. The molecule has 128 valence electrons. The zero-order chi connectivity index (χ0) is 17.6. The molecule has 1 fully saturated rings. The first-order chi connectivity index (χ1) is 10.6. The van der Waals surface area contributed by atoms with Crippen molar-refractivity contribution in [1.82, 2.24) is 15.3 Å². The van der Waals surface area contributed by atoms with Gasteiger partial charge in [-0.15, -0.1) is 0 Å². The monoisotopic (exact) mass is 336 g/mol. The van der Waals surface area contributed by atoms with Crippen molar-refractivity contribution in [3.8, 4) is 5.88 Å². The summed E-state index contributed by atoms with van der Waals surface area (Å²) >= 11 is 0. The zero-order valence-corrected chi connectivity index (χ0v) is 12.3. The van der Waals surface area contributed by atoms with Gasteiger partial charge in [0, 0.05) is 24.8 Å². The van der Waals surface area contributed by atoms with E-state index in [4.69, 9.17) is 14.6 Å². The van der Waals surface area contributed by atoms with Crippen molar-refractivity contribution in [3.63, 3.8) is 0 Å². The molecule has 0 radical (unpaired) electrons. The van der Waals surface area contributed by atoms with Crippen LogP contribution in [0.4, 0.5) is 19.1 Å². The Kier molecular flexibility index (Phi) is 6.25. The van der Waals surface area contributed by atoms with Gasteiger partial charge in [0.1, 0.15) is 0 Å². The number of methoxy groups -OCH3 is 1. The smallest absolute Gasteiger partial charge is 0.481 e. The minimum absolute atomic E-state index is 0.0232. The van der Waals surface area contributed by atoms with Crippen LogP contribution >= 0.6 is 0 Å². The van der Waals surface area contributed by atoms with Gasteiger partial charge in [-0.3, -0.25) is 10.1 Å². The molecule has 23 heavy (non-hydrogen) atoms. The van der Waals surface area contributed by atoms with Crippen molar-refractivity contribution < 1.29 is 32.6 Å². The summed E-state index contributed by atoms with van der Waals surface area (Å²) in [4.78, 5) is 28.7. The van der Waals surface area contributed by atoms with Crippen LogP contribution in [0, 0.1) is 12.8 Å². The Morgan fingerprint density at radius 2 is 1.96 bits per heavy atom. The third kappa shape index (κ3) is 6.06. The molecule has 3 N–H and O–H groups in total. The summed E-state index contributed by atoms with van der Waals surface area (Å²) < 4.78 is 36.7. The average molecular weight is 336 g/mol. The number of amides is 1. The van der Waals surface area contributed by atoms with Crippen LogP contribution in [0.15, 0.2) is 6.07 Å². The van der Waals surface area contributed by atoms with E-state index in [0.29, 0.717) is 11.8 Å². The summed E-state index contributed by atoms with van der Waals surface area (Å²) in [7, 11) is 1.53. The highest BCUT2D eigenvalue weighted by molar-refractivity contribution is 5.91. The number of halogens is 3. The van der Waals surface area contributed by atoms with Gasteiger partial charge >= 0.3 is 12.1 Å². The fraction of sp³-hybridized carbons (Fsp3) is 0.500. The lowest BCUT2D eigenvalue weighted by molar-refractivity contribution is -0.192. The Balaban J connectivity index is 0.000000322. The second-order valence-electron chi connectivity index (χ2n) is 4.52.